The summed E-state index contributed by atoms with van der Waals surface area (Å²) in [6.07, 6.45) is 17.4. The Morgan fingerprint density at radius 3 is 1.62 bits per heavy atom. The van der Waals surface area contributed by atoms with E-state index in [4.69, 9.17) is 0 Å². The highest BCUT2D eigenvalue weighted by atomic mass is 15.0. The van der Waals surface area contributed by atoms with Crippen LogP contribution in [0, 0.1) is 17.8 Å². The molecule has 2 nitrogen and oxygen atoms in total. The van der Waals surface area contributed by atoms with Crippen molar-refractivity contribution in [3.8, 4) is 0 Å². The van der Waals surface area contributed by atoms with E-state index in [0.717, 1.165) is 17.8 Å². The Bertz CT molecular complexity index is 360. The van der Waals surface area contributed by atoms with Crippen LogP contribution in [-0.2, 0) is 0 Å². The molecule has 0 amide bonds. The van der Waals surface area contributed by atoms with Gasteiger partial charge < -0.3 is 10.6 Å². The van der Waals surface area contributed by atoms with Crippen LogP contribution in [-0.4, -0.2) is 24.2 Å². The molecule has 2 atom stereocenters. The van der Waals surface area contributed by atoms with Crippen LogP contribution in [0.5, 0.6) is 0 Å². The molecule has 4 aliphatic rings. The summed E-state index contributed by atoms with van der Waals surface area (Å²) in [6, 6.07) is 0. The Morgan fingerprint density at radius 2 is 1.23 bits per heavy atom. The molecular weight excluding hydrogens is 316 g/mol. The fraction of sp³-hybridized carbons (Fsp3) is 1.00. The average Bonchev–Trinajstić information content (AvgIpc) is 2.64. The van der Waals surface area contributed by atoms with E-state index in [1.807, 2.05) is 13.8 Å². The maximum absolute atomic E-state index is 3.87. The highest BCUT2D eigenvalue weighted by Crippen LogP contribution is 2.39. The number of hydrogen-bond acceptors (Lipinski definition) is 2. The first kappa shape index (κ1) is 22.2. The molecule has 26 heavy (non-hydrogen) atoms. The minimum Gasteiger partial charge on any atom is -0.311 e. The summed E-state index contributed by atoms with van der Waals surface area (Å²) in [7, 11) is 0. The van der Waals surface area contributed by atoms with Crippen molar-refractivity contribution >= 4 is 0 Å². The zero-order chi connectivity index (χ0) is 19.0. The molecule has 2 heteroatoms. The highest BCUT2D eigenvalue weighted by Gasteiger charge is 2.38. The monoisotopic (exact) mass is 364 g/mol. The maximum atomic E-state index is 3.87. The quantitative estimate of drug-likeness (QED) is 0.570. The SMILES string of the molecule is CC.CC(C)C1CCC2(CCCCC2)NC1.CC1CCC2(CCC2)NC1. The van der Waals surface area contributed by atoms with Gasteiger partial charge in [0, 0.05) is 11.1 Å². The number of hydrogen-bond donors (Lipinski definition) is 2. The van der Waals surface area contributed by atoms with Crippen molar-refractivity contribution in [2.24, 2.45) is 17.8 Å². The van der Waals surface area contributed by atoms with Gasteiger partial charge in [0.1, 0.15) is 0 Å². The standard InChI is InChI=1S/C13H25N.C9H17N.C2H6/c1-11(2)12-6-9-13(14-10-12)7-4-3-5-8-13;1-8-3-6-9(10-7-8)4-2-5-9;1-2/h11-12,14H,3-10H2,1-2H3;8,10H,2-7H2,1H3;1-2H3. The lowest BCUT2D eigenvalue weighted by Crippen LogP contribution is -2.55. The zero-order valence-electron chi connectivity index (χ0n) is 18.6. The molecule has 2 unspecified atom stereocenters. The van der Waals surface area contributed by atoms with Crippen molar-refractivity contribution in [2.45, 2.75) is 123 Å². The van der Waals surface area contributed by atoms with Crippen LogP contribution in [0.2, 0.25) is 0 Å². The Balaban J connectivity index is 0.000000178. The molecular formula is C24H48N2. The van der Waals surface area contributed by atoms with Crippen LogP contribution < -0.4 is 10.6 Å². The van der Waals surface area contributed by atoms with Crippen molar-refractivity contribution in [3.63, 3.8) is 0 Å². The Hall–Kier alpha value is -0.0800. The van der Waals surface area contributed by atoms with Crippen LogP contribution >= 0.6 is 0 Å². The molecule has 2 heterocycles. The van der Waals surface area contributed by atoms with E-state index >= 15 is 0 Å². The van der Waals surface area contributed by atoms with E-state index in [-0.39, 0.29) is 0 Å². The van der Waals surface area contributed by atoms with Crippen LogP contribution in [0.25, 0.3) is 0 Å². The lowest BCUT2D eigenvalue weighted by atomic mass is 9.70. The van der Waals surface area contributed by atoms with E-state index in [2.05, 4.69) is 31.4 Å². The van der Waals surface area contributed by atoms with Gasteiger partial charge in [0.15, 0.2) is 0 Å². The van der Waals surface area contributed by atoms with Gasteiger partial charge in [-0.3, -0.25) is 0 Å². The zero-order valence-corrected chi connectivity index (χ0v) is 18.6. The molecule has 2 N–H and O–H groups in total. The molecule has 0 radical (unpaired) electrons. The van der Waals surface area contributed by atoms with Crippen molar-refractivity contribution in [2.75, 3.05) is 13.1 Å². The Kier molecular flexibility index (Phi) is 8.94. The molecule has 0 aromatic carbocycles. The predicted octanol–water partition coefficient (Wildman–Crippen LogP) is 6.30. The summed E-state index contributed by atoms with van der Waals surface area (Å²) in [4.78, 5) is 0. The van der Waals surface area contributed by atoms with Gasteiger partial charge in [0.25, 0.3) is 0 Å². The maximum Gasteiger partial charge on any atom is 0.0181 e. The predicted molar refractivity (Wildman–Crippen MR) is 116 cm³/mol. The molecule has 0 aromatic rings. The van der Waals surface area contributed by atoms with Crippen LogP contribution in [0.3, 0.4) is 0 Å². The Labute approximate surface area is 164 Å². The summed E-state index contributed by atoms with van der Waals surface area (Å²) < 4.78 is 0. The van der Waals surface area contributed by atoms with E-state index in [0.29, 0.717) is 11.1 Å². The lowest BCUT2D eigenvalue weighted by Gasteiger charge is -2.47. The number of rotatable bonds is 1. The highest BCUT2D eigenvalue weighted by molar-refractivity contribution is 4.98. The minimum atomic E-state index is 0.573. The fourth-order valence-electron chi connectivity index (χ4n) is 5.36. The van der Waals surface area contributed by atoms with Gasteiger partial charge in [-0.15, -0.1) is 0 Å². The fourth-order valence-corrected chi connectivity index (χ4v) is 5.36. The number of nitrogens with one attached hydrogen (secondary N) is 2. The van der Waals surface area contributed by atoms with Crippen LogP contribution in [0.15, 0.2) is 0 Å². The topological polar surface area (TPSA) is 24.1 Å². The van der Waals surface area contributed by atoms with Gasteiger partial charge in [-0.25, -0.2) is 0 Å². The van der Waals surface area contributed by atoms with Gasteiger partial charge in [0.05, 0.1) is 0 Å². The van der Waals surface area contributed by atoms with E-state index < -0.39 is 0 Å². The van der Waals surface area contributed by atoms with Crippen molar-refractivity contribution in [1.82, 2.24) is 10.6 Å². The van der Waals surface area contributed by atoms with Gasteiger partial charge >= 0.3 is 0 Å². The summed E-state index contributed by atoms with van der Waals surface area (Å²) in [5.74, 6) is 2.72. The van der Waals surface area contributed by atoms with Gasteiger partial charge in [-0.1, -0.05) is 53.9 Å². The molecule has 4 fully saturated rings. The van der Waals surface area contributed by atoms with Crippen LogP contribution in [0.1, 0.15) is 112 Å². The second kappa shape index (κ2) is 10.5. The summed E-state index contributed by atoms with van der Waals surface area (Å²) >= 11 is 0. The molecule has 2 saturated heterocycles. The molecule has 2 spiro atoms. The minimum absolute atomic E-state index is 0.573. The summed E-state index contributed by atoms with van der Waals surface area (Å²) in [5.41, 5.74) is 1.20. The van der Waals surface area contributed by atoms with Gasteiger partial charge in [-0.2, -0.15) is 0 Å². The first-order valence-corrected chi connectivity index (χ1v) is 12.0. The second-order valence-electron chi connectivity index (χ2n) is 9.92. The average molecular weight is 365 g/mol. The molecule has 2 saturated carbocycles. The first-order chi connectivity index (χ1) is 12.5. The van der Waals surface area contributed by atoms with Crippen molar-refractivity contribution < 1.29 is 0 Å². The van der Waals surface area contributed by atoms with Crippen molar-refractivity contribution in [1.29, 1.82) is 0 Å². The van der Waals surface area contributed by atoms with Crippen molar-refractivity contribution in [3.05, 3.63) is 0 Å². The third-order valence-electron chi connectivity index (χ3n) is 7.74. The second-order valence-corrected chi connectivity index (χ2v) is 9.92. The third-order valence-corrected chi connectivity index (χ3v) is 7.74. The van der Waals surface area contributed by atoms with Crippen LogP contribution in [0.4, 0.5) is 0 Å². The molecule has 0 bridgehead atoms. The molecule has 2 aliphatic heterocycles. The molecule has 4 rings (SSSR count). The van der Waals surface area contributed by atoms with E-state index in [1.54, 1.807) is 0 Å². The normalized spacial score (nSPS) is 32.1. The Morgan fingerprint density at radius 1 is 0.692 bits per heavy atom. The smallest absolute Gasteiger partial charge is 0.0181 e. The number of piperidine rings is 2. The van der Waals surface area contributed by atoms with E-state index in [1.165, 1.54) is 90.1 Å². The molecule has 2 aliphatic carbocycles. The van der Waals surface area contributed by atoms with E-state index in [9.17, 15) is 0 Å². The van der Waals surface area contributed by atoms with Gasteiger partial charge in [-0.05, 0) is 88.6 Å². The summed E-state index contributed by atoms with van der Waals surface area (Å²) in [5, 5.41) is 7.55. The lowest BCUT2D eigenvalue weighted by molar-refractivity contribution is 0.121. The van der Waals surface area contributed by atoms with Gasteiger partial charge in [0.2, 0.25) is 0 Å². The first-order valence-electron chi connectivity index (χ1n) is 12.0. The molecule has 0 aromatic heterocycles. The molecule has 154 valence electrons. The largest absolute Gasteiger partial charge is 0.311 e. The third kappa shape index (κ3) is 5.96. The summed E-state index contributed by atoms with van der Waals surface area (Å²) in [6.45, 7) is 13.6.